The Labute approximate surface area is 168 Å². The molecule has 1 aromatic rings. The highest BCUT2D eigenvalue weighted by Gasteiger charge is 2.24. The van der Waals surface area contributed by atoms with Crippen molar-refractivity contribution in [2.45, 2.75) is 39.7 Å². The zero-order valence-electron chi connectivity index (χ0n) is 17.2. The number of sulfonamides is 1. The summed E-state index contributed by atoms with van der Waals surface area (Å²) in [5.41, 5.74) is 0.960. The van der Waals surface area contributed by atoms with Crippen molar-refractivity contribution in [3.05, 3.63) is 23.8 Å². The molecule has 0 aliphatic heterocycles. The van der Waals surface area contributed by atoms with Gasteiger partial charge >= 0.3 is 0 Å². The Morgan fingerprint density at radius 2 is 1.93 bits per heavy atom. The van der Waals surface area contributed by atoms with Crippen LogP contribution < -0.4 is 19.5 Å². The molecule has 0 aliphatic carbocycles. The molecular formula is C20H30N2O5S. The summed E-state index contributed by atoms with van der Waals surface area (Å²) in [6.07, 6.45) is 2.39. The number of ether oxygens (including phenoxy) is 2. The minimum absolute atomic E-state index is 0.165. The molecular weight excluding hydrogens is 380 g/mol. The Morgan fingerprint density at radius 1 is 1.21 bits per heavy atom. The highest BCUT2D eigenvalue weighted by atomic mass is 32.2. The third kappa shape index (κ3) is 8.63. The Bertz CT molecular complexity index is 810. The van der Waals surface area contributed by atoms with Crippen molar-refractivity contribution in [3.63, 3.8) is 0 Å². The number of methoxy groups -OCH3 is 1. The Hall–Kier alpha value is -2.24. The molecule has 0 saturated carbocycles. The minimum atomic E-state index is -3.47. The van der Waals surface area contributed by atoms with E-state index in [2.05, 4.69) is 21.9 Å². The standard InChI is InChI=1S/C20H30N2O5S/c1-6-7-8-13-27-17-10-9-16(14-18(17)26-4)11-12-21-20(23)19(15(2)3)22-28(5,24)25/h9-10,14-15,19,22H,6,11-13H2,1-5H3,(H,21,23)/t19-/m0/s1. The smallest absolute Gasteiger partial charge is 0.238 e. The summed E-state index contributed by atoms with van der Waals surface area (Å²) < 4.78 is 36.2. The van der Waals surface area contributed by atoms with Crippen LogP contribution in [0.5, 0.6) is 11.5 Å². The molecule has 8 heteroatoms. The molecule has 0 saturated heterocycles. The number of amides is 1. The van der Waals surface area contributed by atoms with Crippen LogP contribution in [0.3, 0.4) is 0 Å². The molecule has 0 aliphatic rings. The number of rotatable bonds is 10. The van der Waals surface area contributed by atoms with Gasteiger partial charge in [0, 0.05) is 13.0 Å². The van der Waals surface area contributed by atoms with E-state index in [1.807, 2.05) is 25.1 Å². The van der Waals surface area contributed by atoms with Crippen molar-refractivity contribution in [1.29, 1.82) is 0 Å². The maximum Gasteiger partial charge on any atom is 0.238 e. The highest BCUT2D eigenvalue weighted by Crippen LogP contribution is 2.28. The van der Waals surface area contributed by atoms with Gasteiger partial charge in [-0.05, 0) is 30.0 Å². The van der Waals surface area contributed by atoms with E-state index in [1.165, 1.54) is 0 Å². The molecule has 28 heavy (non-hydrogen) atoms. The first kappa shape index (κ1) is 23.8. The molecule has 7 nitrogen and oxygen atoms in total. The van der Waals surface area contributed by atoms with Crippen LogP contribution in [0.1, 0.15) is 32.8 Å². The van der Waals surface area contributed by atoms with Crippen molar-refractivity contribution in [1.82, 2.24) is 10.0 Å². The second-order valence-corrected chi connectivity index (χ2v) is 8.41. The number of carbonyl (C=O) groups is 1. The lowest BCUT2D eigenvalue weighted by atomic mass is 10.0. The maximum absolute atomic E-state index is 12.3. The fourth-order valence-electron chi connectivity index (χ4n) is 2.44. The van der Waals surface area contributed by atoms with Crippen molar-refractivity contribution >= 4 is 15.9 Å². The monoisotopic (exact) mass is 410 g/mol. The van der Waals surface area contributed by atoms with Crippen LogP contribution in [0.4, 0.5) is 0 Å². The van der Waals surface area contributed by atoms with E-state index >= 15 is 0 Å². The lowest BCUT2D eigenvalue weighted by molar-refractivity contribution is -0.123. The predicted molar refractivity (Wildman–Crippen MR) is 110 cm³/mol. The molecule has 0 radical (unpaired) electrons. The molecule has 1 aromatic carbocycles. The Kier molecular flexibility index (Phi) is 9.83. The van der Waals surface area contributed by atoms with Gasteiger partial charge in [-0.2, -0.15) is 0 Å². The van der Waals surface area contributed by atoms with Crippen LogP contribution in [0.15, 0.2) is 18.2 Å². The summed E-state index contributed by atoms with van der Waals surface area (Å²) in [4.78, 5) is 12.3. The van der Waals surface area contributed by atoms with Gasteiger partial charge in [0.1, 0.15) is 12.6 Å². The average molecular weight is 411 g/mol. The summed E-state index contributed by atoms with van der Waals surface area (Å²) in [6.45, 7) is 6.22. The summed E-state index contributed by atoms with van der Waals surface area (Å²) >= 11 is 0. The second kappa shape index (κ2) is 11.6. The number of nitrogens with one attached hydrogen (secondary N) is 2. The van der Waals surface area contributed by atoms with E-state index < -0.39 is 16.1 Å². The summed E-state index contributed by atoms with van der Waals surface area (Å²) in [7, 11) is -1.90. The minimum Gasteiger partial charge on any atom is -0.493 e. The zero-order valence-corrected chi connectivity index (χ0v) is 18.0. The first-order valence-electron chi connectivity index (χ1n) is 9.18. The third-order valence-electron chi connectivity index (χ3n) is 3.83. The quantitative estimate of drug-likeness (QED) is 0.573. The molecule has 0 bridgehead atoms. The van der Waals surface area contributed by atoms with Crippen LogP contribution >= 0.6 is 0 Å². The van der Waals surface area contributed by atoms with Crippen molar-refractivity contribution in [2.75, 3.05) is 26.5 Å². The van der Waals surface area contributed by atoms with Crippen molar-refractivity contribution in [3.8, 4) is 23.3 Å². The van der Waals surface area contributed by atoms with E-state index in [4.69, 9.17) is 9.47 Å². The van der Waals surface area contributed by atoms with Gasteiger partial charge in [0.15, 0.2) is 11.5 Å². The molecule has 1 amide bonds. The van der Waals surface area contributed by atoms with Gasteiger partial charge in [-0.15, -0.1) is 5.92 Å². The van der Waals surface area contributed by atoms with E-state index in [9.17, 15) is 13.2 Å². The van der Waals surface area contributed by atoms with Crippen LogP contribution in [-0.2, 0) is 21.2 Å². The van der Waals surface area contributed by atoms with Gasteiger partial charge in [0.05, 0.1) is 13.4 Å². The van der Waals surface area contributed by atoms with Crippen molar-refractivity contribution in [2.24, 2.45) is 5.92 Å². The SMILES string of the molecule is CCC#CCOc1ccc(CCNC(=O)[C@@H](NS(C)(=O)=O)C(C)C)cc1OC. The third-order valence-corrected chi connectivity index (χ3v) is 4.51. The average Bonchev–Trinajstić information content (AvgIpc) is 2.62. The normalized spacial score (nSPS) is 12.1. The first-order valence-corrected chi connectivity index (χ1v) is 11.1. The lowest BCUT2D eigenvalue weighted by Crippen LogP contribution is -2.49. The number of benzene rings is 1. The molecule has 1 atom stereocenters. The largest absolute Gasteiger partial charge is 0.493 e. The van der Waals surface area contributed by atoms with Crippen LogP contribution in [0.25, 0.3) is 0 Å². The predicted octanol–water partition coefficient (Wildman–Crippen LogP) is 1.72. The second-order valence-electron chi connectivity index (χ2n) is 6.63. The van der Waals surface area contributed by atoms with Gasteiger partial charge in [-0.3, -0.25) is 4.79 Å². The van der Waals surface area contributed by atoms with Gasteiger partial charge in [0.2, 0.25) is 15.9 Å². The van der Waals surface area contributed by atoms with Crippen molar-refractivity contribution < 1.29 is 22.7 Å². The summed E-state index contributed by atoms with van der Waals surface area (Å²) in [5.74, 6) is 6.54. The Balaban J connectivity index is 2.65. The molecule has 1 rings (SSSR count). The lowest BCUT2D eigenvalue weighted by Gasteiger charge is -2.20. The highest BCUT2D eigenvalue weighted by molar-refractivity contribution is 7.88. The van der Waals surface area contributed by atoms with Crippen LogP contribution in [-0.4, -0.2) is 46.9 Å². The molecule has 2 N–H and O–H groups in total. The zero-order chi connectivity index (χ0) is 21.2. The van der Waals surface area contributed by atoms with E-state index in [1.54, 1.807) is 21.0 Å². The van der Waals surface area contributed by atoms with Gasteiger partial charge in [-0.25, -0.2) is 13.1 Å². The van der Waals surface area contributed by atoms with Gasteiger partial charge in [0.25, 0.3) is 0 Å². The summed E-state index contributed by atoms with van der Waals surface area (Å²) in [5, 5.41) is 2.78. The fourth-order valence-corrected chi connectivity index (χ4v) is 3.28. The number of carbonyl (C=O) groups excluding carboxylic acids is 1. The van der Waals surface area contributed by atoms with Crippen LogP contribution in [0, 0.1) is 17.8 Å². The number of hydrogen-bond donors (Lipinski definition) is 2. The molecule has 0 fully saturated rings. The van der Waals surface area contributed by atoms with E-state index in [-0.39, 0.29) is 11.8 Å². The van der Waals surface area contributed by atoms with E-state index in [0.29, 0.717) is 31.1 Å². The maximum atomic E-state index is 12.3. The fraction of sp³-hybridized carbons (Fsp3) is 0.550. The summed E-state index contributed by atoms with van der Waals surface area (Å²) in [6, 6.07) is 4.76. The molecule has 0 heterocycles. The molecule has 0 aromatic heterocycles. The van der Waals surface area contributed by atoms with Crippen LogP contribution in [0.2, 0.25) is 0 Å². The van der Waals surface area contributed by atoms with Gasteiger partial charge in [-0.1, -0.05) is 32.8 Å². The Morgan fingerprint density at radius 3 is 2.50 bits per heavy atom. The van der Waals surface area contributed by atoms with E-state index in [0.717, 1.165) is 18.2 Å². The topological polar surface area (TPSA) is 93.7 Å². The molecule has 0 spiro atoms. The molecule has 0 unspecified atom stereocenters. The first-order chi connectivity index (χ1) is 13.2. The molecule has 156 valence electrons. The van der Waals surface area contributed by atoms with Gasteiger partial charge < -0.3 is 14.8 Å². The number of hydrogen-bond acceptors (Lipinski definition) is 5.